The second-order valence-corrected chi connectivity index (χ2v) is 5.38. The number of carboxylic acid groups (broad SMARTS) is 1. The molecule has 0 amide bonds. The van der Waals surface area contributed by atoms with Crippen LogP contribution in [0.5, 0.6) is 0 Å². The molecule has 0 aliphatic rings. The van der Waals surface area contributed by atoms with Crippen molar-refractivity contribution in [2.75, 3.05) is 0 Å². The smallest absolute Gasteiger partial charge is 0.346 e. The summed E-state index contributed by atoms with van der Waals surface area (Å²) in [7, 11) is 0. The van der Waals surface area contributed by atoms with E-state index in [1.54, 1.807) is 18.2 Å². The maximum Gasteiger partial charge on any atom is 0.346 e. The molecule has 0 bridgehead atoms. The summed E-state index contributed by atoms with van der Waals surface area (Å²) in [5.74, 6) is -1.25. The normalized spacial score (nSPS) is 11.0. The molecule has 82 valence electrons. The topological polar surface area (TPSA) is 61.1 Å². The molecule has 0 radical (unpaired) electrons. The lowest BCUT2D eigenvalue weighted by molar-refractivity contribution is -0.132. The number of carboxylic acids is 1. The van der Waals surface area contributed by atoms with Crippen molar-refractivity contribution in [1.29, 1.82) is 5.26 Å². The van der Waals surface area contributed by atoms with Crippen LogP contribution >= 0.6 is 47.8 Å². The average molecular weight is 410 g/mol. The Kier molecular flexibility index (Phi) is 4.71. The molecule has 6 heteroatoms. The van der Waals surface area contributed by atoms with E-state index in [-0.39, 0.29) is 5.57 Å². The average Bonchev–Trinajstić information content (AvgIpc) is 2.15. The van der Waals surface area contributed by atoms with Gasteiger partial charge in [0.05, 0.1) is 0 Å². The molecule has 0 fully saturated rings. The zero-order valence-electron chi connectivity index (χ0n) is 7.67. The van der Waals surface area contributed by atoms with Gasteiger partial charge in [-0.3, -0.25) is 0 Å². The first-order chi connectivity index (χ1) is 7.45. The summed E-state index contributed by atoms with van der Waals surface area (Å²) in [4.78, 5) is 10.7. The third-order valence-corrected chi connectivity index (χ3v) is 3.45. The summed E-state index contributed by atoms with van der Waals surface area (Å²) in [6.45, 7) is 0. The van der Waals surface area contributed by atoms with E-state index in [0.29, 0.717) is 14.5 Å². The van der Waals surface area contributed by atoms with Crippen LogP contribution in [0.2, 0.25) is 0 Å². The molecule has 1 N–H and O–H groups in total. The highest BCUT2D eigenvalue weighted by Crippen LogP contribution is 2.31. The Balaban J connectivity index is 3.36. The molecule has 1 rings (SSSR count). The van der Waals surface area contributed by atoms with Gasteiger partial charge in [0.15, 0.2) is 0 Å². The Morgan fingerprint density at radius 1 is 1.31 bits per heavy atom. The van der Waals surface area contributed by atoms with Crippen molar-refractivity contribution in [1.82, 2.24) is 0 Å². The van der Waals surface area contributed by atoms with Gasteiger partial charge < -0.3 is 5.11 Å². The van der Waals surface area contributed by atoms with Crippen LogP contribution < -0.4 is 0 Å². The lowest BCUT2D eigenvalue weighted by Crippen LogP contribution is -1.97. The minimum Gasteiger partial charge on any atom is -0.477 e. The van der Waals surface area contributed by atoms with Gasteiger partial charge >= 0.3 is 5.97 Å². The fourth-order valence-electron chi connectivity index (χ4n) is 0.977. The highest BCUT2D eigenvalue weighted by atomic mass is 79.9. The highest BCUT2D eigenvalue weighted by molar-refractivity contribution is 9.11. The summed E-state index contributed by atoms with van der Waals surface area (Å²) >= 11 is 9.89. The Morgan fingerprint density at radius 2 is 1.81 bits per heavy atom. The van der Waals surface area contributed by atoms with Crippen LogP contribution in [-0.4, -0.2) is 11.1 Å². The minimum atomic E-state index is -1.25. The van der Waals surface area contributed by atoms with Crippen molar-refractivity contribution in [2.24, 2.45) is 0 Å². The van der Waals surface area contributed by atoms with E-state index in [0.717, 1.165) is 4.47 Å². The zero-order valence-corrected chi connectivity index (χ0v) is 12.4. The Morgan fingerprint density at radius 3 is 2.19 bits per heavy atom. The summed E-state index contributed by atoms with van der Waals surface area (Å²) in [6.07, 6.45) is 1.31. The molecule has 0 atom stereocenters. The number of aliphatic carboxylic acids is 1. The maximum atomic E-state index is 10.7. The molecule has 3 nitrogen and oxygen atoms in total. The number of benzene rings is 1. The second kappa shape index (κ2) is 5.62. The molecule has 0 aliphatic carbocycles. The molecule has 0 unspecified atom stereocenters. The van der Waals surface area contributed by atoms with Gasteiger partial charge in [0.25, 0.3) is 0 Å². The number of halogens is 3. The predicted octanol–water partition coefficient (Wildman–Crippen LogP) is 3.97. The van der Waals surface area contributed by atoms with Gasteiger partial charge in [-0.2, -0.15) is 5.26 Å². The van der Waals surface area contributed by atoms with E-state index < -0.39 is 5.97 Å². The molecular weight excluding hydrogens is 406 g/mol. The van der Waals surface area contributed by atoms with Gasteiger partial charge in [-0.15, -0.1) is 0 Å². The molecule has 0 saturated carbocycles. The Bertz CT molecular complexity index is 494. The molecule has 0 spiro atoms. The first kappa shape index (κ1) is 13.4. The van der Waals surface area contributed by atoms with Crippen molar-refractivity contribution >= 4 is 59.8 Å². The van der Waals surface area contributed by atoms with Gasteiger partial charge in [-0.05, 0) is 18.2 Å². The third-order valence-electron chi connectivity index (χ3n) is 1.68. The van der Waals surface area contributed by atoms with Crippen LogP contribution in [-0.2, 0) is 4.79 Å². The van der Waals surface area contributed by atoms with Crippen LogP contribution in [0.3, 0.4) is 0 Å². The molecule has 1 aromatic carbocycles. The molecule has 16 heavy (non-hydrogen) atoms. The first-order valence-corrected chi connectivity index (χ1v) is 6.33. The summed E-state index contributed by atoms with van der Waals surface area (Å²) in [6, 6.07) is 5.17. The highest BCUT2D eigenvalue weighted by Gasteiger charge is 2.10. The van der Waals surface area contributed by atoms with Crippen LogP contribution in [0.1, 0.15) is 5.56 Å². The number of hydrogen-bond donors (Lipinski definition) is 1. The minimum absolute atomic E-state index is 0.316. The van der Waals surface area contributed by atoms with Gasteiger partial charge in [0, 0.05) is 19.0 Å². The van der Waals surface area contributed by atoms with Crippen LogP contribution in [0.4, 0.5) is 0 Å². The van der Waals surface area contributed by atoms with Crippen molar-refractivity contribution in [3.8, 4) is 6.07 Å². The van der Waals surface area contributed by atoms with E-state index in [2.05, 4.69) is 47.8 Å². The molecule has 0 aliphatic heterocycles. The largest absolute Gasteiger partial charge is 0.477 e. The zero-order chi connectivity index (χ0) is 12.3. The van der Waals surface area contributed by atoms with Crippen LogP contribution in [0.15, 0.2) is 31.1 Å². The Labute approximate surface area is 117 Å². The van der Waals surface area contributed by atoms with Gasteiger partial charge in [-0.1, -0.05) is 47.8 Å². The number of nitriles is 1. The van der Waals surface area contributed by atoms with Gasteiger partial charge in [0.2, 0.25) is 0 Å². The summed E-state index contributed by atoms with van der Waals surface area (Å²) in [5.41, 5.74) is 0.297. The number of hydrogen-bond acceptors (Lipinski definition) is 2. The van der Waals surface area contributed by atoms with Crippen molar-refractivity contribution in [3.63, 3.8) is 0 Å². The fourth-order valence-corrected chi connectivity index (χ4v) is 3.47. The molecule has 0 saturated heterocycles. The quantitative estimate of drug-likeness (QED) is 0.594. The Hall–Kier alpha value is -0.640. The van der Waals surface area contributed by atoms with E-state index in [1.807, 2.05) is 0 Å². The van der Waals surface area contributed by atoms with E-state index in [9.17, 15) is 4.79 Å². The van der Waals surface area contributed by atoms with Crippen LogP contribution in [0.25, 0.3) is 6.08 Å². The van der Waals surface area contributed by atoms with Crippen LogP contribution in [0, 0.1) is 11.3 Å². The lowest BCUT2D eigenvalue weighted by Gasteiger charge is -2.03. The number of rotatable bonds is 2. The number of nitrogens with zero attached hydrogens (tertiary/aromatic N) is 1. The van der Waals surface area contributed by atoms with Crippen molar-refractivity contribution in [2.45, 2.75) is 0 Å². The monoisotopic (exact) mass is 407 g/mol. The fraction of sp³-hybridized carbons (Fsp3) is 0. The summed E-state index contributed by atoms with van der Waals surface area (Å²) < 4.78 is 2.24. The van der Waals surface area contributed by atoms with Gasteiger partial charge in [-0.25, -0.2) is 4.79 Å². The van der Waals surface area contributed by atoms with E-state index in [4.69, 9.17) is 10.4 Å². The maximum absolute atomic E-state index is 10.7. The second-order valence-electron chi connectivity index (χ2n) is 2.76. The SMILES string of the molecule is N#CC(=Cc1c(Br)cc(Br)cc1Br)C(=O)O. The van der Waals surface area contributed by atoms with Crippen molar-refractivity contribution in [3.05, 3.63) is 36.7 Å². The molecule has 0 aromatic heterocycles. The molecule has 1 aromatic rings. The van der Waals surface area contributed by atoms with Gasteiger partial charge in [0.1, 0.15) is 11.6 Å². The molecule has 0 heterocycles. The van der Waals surface area contributed by atoms with E-state index in [1.165, 1.54) is 6.08 Å². The summed E-state index contributed by atoms with van der Waals surface area (Å²) in [5, 5.41) is 17.4. The number of carbonyl (C=O) groups is 1. The predicted molar refractivity (Wildman–Crippen MR) is 70.8 cm³/mol. The van der Waals surface area contributed by atoms with E-state index >= 15 is 0 Å². The van der Waals surface area contributed by atoms with Crippen molar-refractivity contribution < 1.29 is 9.90 Å². The molecular formula is C10H4Br3NO2. The first-order valence-electron chi connectivity index (χ1n) is 3.95. The third kappa shape index (κ3) is 3.17. The lowest BCUT2D eigenvalue weighted by atomic mass is 10.1. The standard InChI is InChI=1S/C10H4Br3NO2/c11-6-2-8(12)7(9(13)3-6)1-5(4-14)10(15)16/h1-3H,(H,15,16).